The molecule has 1 saturated heterocycles. The summed E-state index contributed by atoms with van der Waals surface area (Å²) in [7, 11) is 0. The highest BCUT2D eigenvalue weighted by Crippen LogP contribution is 2.20. The van der Waals surface area contributed by atoms with E-state index in [0.717, 1.165) is 13.0 Å². The van der Waals surface area contributed by atoms with Gasteiger partial charge in [0.2, 0.25) is 0 Å². The van der Waals surface area contributed by atoms with E-state index in [1.807, 2.05) is 6.92 Å². The third-order valence-corrected chi connectivity index (χ3v) is 3.57. The zero-order valence-electron chi connectivity index (χ0n) is 11.6. The molecule has 0 bridgehead atoms. The average Bonchev–Trinajstić information content (AvgIpc) is 2.48. The number of anilines is 1. The predicted molar refractivity (Wildman–Crippen MR) is 76.1 cm³/mol. The van der Waals surface area contributed by atoms with E-state index in [1.54, 1.807) is 0 Å². The molecule has 1 aliphatic heterocycles. The first kappa shape index (κ1) is 13.4. The first-order valence-corrected chi connectivity index (χ1v) is 6.80. The molecule has 3 heteroatoms. The minimum atomic E-state index is -0.672. The molecule has 0 radical (unpaired) electrons. The molecule has 3 nitrogen and oxygen atoms in total. The van der Waals surface area contributed by atoms with E-state index in [9.17, 15) is 5.11 Å². The first-order chi connectivity index (χ1) is 8.50. The SMILES string of the molecule is CCc1ccc(N2CC(C)NCC(C)(O)C2)cc1. The molecule has 2 N–H and O–H groups in total. The van der Waals surface area contributed by atoms with Crippen LogP contribution in [-0.4, -0.2) is 36.4 Å². The molecule has 0 spiro atoms. The topological polar surface area (TPSA) is 35.5 Å². The third-order valence-electron chi connectivity index (χ3n) is 3.57. The summed E-state index contributed by atoms with van der Waals surface area (Å²) in [4.78, 5) is 2.27. The Morgan fingerprint density at radius 1 is 1.39 bits per heavy atom. The van der Waals surface area contributed by atoms with Crippen molar-refractivity contribution in [2.24, 2.45) is 0 Å². The number of nitrogens with zero attached hydrogens (tertiary/aromatic N) is 1. The Balaban J connectivity index is 2.18. The van der Waals surface area contributed by atoms with Crippen LogP contribution in [-0.2, 0) is 6.42 Å². The second kappa shape index (κ2) is 5.29. The van der Waals surface area contributed by atoms with Gasteiger partial charge in [-0.2, -0.15) is 0 Å². The van der Waals surface area contributed by atoms with Gasteiger partial charge < -0.3 is 15.3 Å². The lowest BCUT2D eigenvalue weighted by Gasteiger charge is -2.30. The van der Waals surface area contributed by atoms with Crippen molar-refractivity contribution in [3.63, 3.8) is 0 Å². The van der Waals surface area contributed by atoms with Crippen molar-refractivity contribution in [3.8, 4) is 0 Å². The molecule has 0 amide bonds. The van der Waals surface area contributed by atoms with Gasteiger partial charge in [0, 0.05) is 31.4 Å². The normalized spacial score (nSPS) is 29.1. The molecule has 1 aliphatic rings. The molecule has 0 aromatic heterocycles. The standard InChI is InChI=1S/C15H24N2O/c1-4-13-5-7-14(8-6-13)17-9-12(2)16-10-15(3,18)11-17/h5-8,12,16,18H,4,9-11H2,1-3H3. The fourth-order valence-electron chi connectivity index (χ4n) is 2.46. The summed E-state index contributed by atoms with van der Waals surface area (Å²) < 4.78 is 0. The summed E-state index contributed by atoms with van der Waals surface area (Å²) in [5.74, 6) is 0. The van der Waals surface area contributed by atoms with Crippen molar-refractivity contribution in [2.75, 3.05) is 24.5 Å². The Labute approximate surface area is 110 Å². The van der Waals surface area contributed by atoms with Crippen LogP contribution in [0.15, 0.2) is 24.3 Å². The van der Waals surface area contributed by atoms with Gasteiger partial charge in [0.1, 0.15) is 0 Å². The fourth-order valence-corrected chi connectivity index (χ4v) is 2.46. The minimum Gasteiger partial charge on any atom is -0.387 e. The van der Waals surface area contributed by atoms with E-state index < -0.39 is 5.60 Å². The van der Waals surface area contributed by atoms with E-state index in [2.05, 4.69) is 48.3 Å². The van der Waals surface area contributed by atoms with E-state index in [-0.39, 0.29) is 0 Å². The molecule has 100 valence electrons. The Morgan fingerprint density at radius 3 is 2.67 bits per heavy atom. The van der Waals surface area contributed by atoms with Gasteiger partial charge >= 0.3 is 0 Å². The molecule has 2 rings (SSSR count). The summed E-state index contributed by atoms with van der Waals surface area (Å²) in [6.45, 7) is 8.48. The maximum absolute atomic E-state index is 10.3. The van der Waals surface area contributed by atoms with Crippen LogP contribution in [0, 0.1) is 0 Å². The van der Waals surface area contributed by atoms with Crippen LogP contribution in [0.2, 0.25) is 0 Å². The van der Waals surface area contributed by atoms with Gasteiger partial charge in [0.15, 0.2) is 0 Å². The van der Waals surface area contributed by atoms with Gasteiger partial charge in [-0.25, -0.2) is 0 Å². The summed E-state index contributed by atoms with van der Waals surface area (Å²) in [5.41, 5.74) is 1.88. The van der Waals surface area contributed by atoms with Crippen molar-refractivity contribution >= 4 is 5.69 Å². The maximum Gasteiger partial charge on any atom is 0.0917 e. The van der Waals surface area contributed by atoms with Gasteiger partial charge in [0.05, 0.1) is 5.60 Å². The van der Waals surface area contributed by atoms with E-state index in [1.165, 1.54) is 11.3 Å². The Morgan fingerprint density at radius 2 is 2.06 bits per heavy atom. The van der Waals surface area contributed by atoms with Crippen LogP contribution in [0.5, 0.6) is 0 Å². The highest BCUT2D eigenvalue weighted by atomic mass is 16.3. The summed E-state index contributed by atoms with van der Waals surface area (Å²) in [6.07, 6.45) is 1.07. The molecule has 0 aliphatic carbocycles. The van der Waals surface area contributed by atoms with Crippen molar-refractivity contribution < 1.29 is 5.11 Å². The second-order valence-electron chi connectivity index (χ2n) is 5.68. The van der Waals surface area contributed by atoms with Crippen LogP contribution >= 0.6 is 0 Å². The molecular formula is C15H24N2O. The number of rotatable bonds is 2. The average molecular weight is 248 g/mol. The van der Waals surface area contributed by atoms with Crippen LogP contribution in [0.1, 0.15) is 26.3 Å². The van der Waals surface area contributed by atoms with E-state index >= 15 is 0 Å². The van der Waals surface area contributed by atoms with Gasteiger partial charge in [-0.05, 0) is 38.0 Å². The molecule has 1 fully saturated rings. The molecule has 18 heavy (non-hydrogen) atoms. The molecule has 1 aromatic rings. The van der Waals surface area contributed by atoms with Gasteiger partial charge in [-0.1, -0.05) is 19.1 Å². The van der Waals surface area contributed by atoms with E-state index in [4.69, 9.17) is 0 Å². The van der Waals surface area contributed by atoms with Gasteiger partial charge in [-0.3, -0.25) is 0 Å². The second-order valence-corrected chi connectivity index (χ2v) is 5.68. The lowest BCUT2D eigenvalue weighted by Crippen LogP contribution is -2.43. The van der Waals surface area contributed by atoms with Crippen LogP contribution < -0.4 is 10.2 Å². The summed E-state index contributed by atoms with van der Waals surface area (Å²) in [5, 5.41) is 13.7. The molecule has 2 atom stereocenters. The number of benzene rings is 1. The van der Waals surface area contributed by atoms with Crippen molar-refractivity contribution in [1.82, 2.24) is 5.32 Å². The van der Waals surface area contributed by atoms with Crippen molar-refractivity contribution in [1.29, 1.82) is 0 Å². The molecule has 2 unspecified atom stereocenters. The molecular weight excluding hydrogens is 224 g/mol. The zero-order valence-corrected chi connectivity index (χ0v) is 11.6. The Bertz CT molecular complexity index is 386. The zero-order chi connectivity index (χ0) is 13.2. The molecule has 0 saturated carbocycles. The summed E-state index contributed by atoms with van der Waals surface area (Å²) >= 11 is 0. The Hall–Kier alpha value is -1.06. The van der Waals surface area contributed by atoms with Gasteiger partial charge in [-0.15, -0.1) is 0 Å². The smallest absolute Gasteiger partial charge is 0.0917 e. The third kappa shape index (κ3) is 3.24. The largest absolute Gasteiger partial charge is 0.387 e. The number of aliphatic hydroxyl groups is 1. The number of aryl methyl sites for hydroxylation is 1. The van der Waals surface area contributed by atoms with Crippen LogP contribution in [0.25, 0.3) is 0 Å². The van der Waals surface area contributed by atoms with Crippen LogP contribution in [0.4, 0.5) is 5.69 Å². The number of nitrogens with one attached hydrogen (secondary N) is 1. The lowest BCUT2D eigenvalue weighted by atomic mass is 10.1. The first-order valence-electron chi connectivity index (χ1n) is 6.80. The van der Waals surface area contributed by atoms with E-state index in [0.29, 0.717) is 19.1 Å². The number of hydrogen-bond donors (Lipinski definition) is 2. The van der Waals surface area contributed by atoms with Gasteiger partial charge in [0.25, 0.3) is 0 Å². The number of β-amino-alcohol motifs (C(OH)–C–C–N with tert-alkyl or cyclic N) is 1. The highest BCUT2D eigenvalue weighted by Gasteiger charge is 2.28. The maximum atomic E-state index is 10.3. The Kier molecular flexibility index (Phi) is 3.93. The highest BCUT2D eigenvalue weighted by molar-refractivity contribution is 5.48. The molecule has 1 aromatic carbocycles. The minimum absolute atomic E-state index is 0.393. The number of hydrogen-bond acceptors (Lipinski definition) is 3. The molecule has 1 heterocycles. The van der Waals surface area contributed by atoms with Crippen molar-refractivity contribution in [3.05, 3.63) is 29.8 Å². The monoisotopic (exact) mass is 248 g/mol. The van der Waals surface area contributed by atoms with Crippen molar-refractivity contribution in [2.45, 2.75) is 38.8 Å². The predicted octanol–water partition coefficient (Wildman–Crippen LogP) is 1.80. The van der Waals surface area contributed by atoms with Crippen LogP contribution in [0.3, 0.4) is 0 Å². The summed E-state index contributed by atoms with van der Waals surface area (Å²) in [6, 6.07) is 9.06. The lowest BCUT2D eigenvalue weighted by molar-refractivity contribution is 0.0718. The fraction of sp³-hybridized carbons (Fsp3) is 0.600. The quantitative estimate of drug-likeness (QED) is 0.838.